The standard InChI is InChI=1S/C23H23ClN2O4/c1-28-18-4-3-5-19(13-18)30-23-11-8-17(15-26-23)14-25-22(27)10-7-16-6-9-21(29-2)20(24)12-16/h3-6,8-9,11-13,15H,7,10,14H2,1-2H3,(H,25,27). The number of rotatable bonds is 9. The van der Waals surface area contributed by atoms with E-state index in [-0.39, 0.29) is 5.91 Å². The summed E-state index contributed by atoms with van der Waals surface area (Å²) in [4.78, 5) is 16.4. The molecule has 156 valence electrons. The highest BCUT2D eigenvalue weighted by Gasteiger charge is 2.06. The first-order chi connectivity index (χ1) is 14.6. The maximum atomic E-state index is 12.1. The molecule has 0 aliphatic carbocycles. The zero-order valence-electron chi connectivity index (χ0n) is 16.9. The van der Waals surface area contributed by atoms with Gasteiger partial charge in [-0.2, -0.15) is 0 Å². The molecule has 1 amide bonds. The Hall–Kier alpha value is -3.25. The highest BCUT2D eigenvalue weighted by molar-refractivity contribution is 6.32. The maximum absolute atomic E-state index is 12.1. The van der Waals surface area contributed by atoms with Crippen LogP contribution in [0.2, 0.25) is 5.02 Å². The van der Waals surface area contributed by atoms with Crippen LogP contribution in [0.3, 0.4) is 0 Å². The van der Waals surface area contributed by atoms with Crippen molar-refractivity contribution in [1.29, 1.82) is 0 Å². The summed E-state index contributed by atoms with van der Waals surface area (Å²) in [5, 5.41) is 3.44. The predicted octanol–water partition coefficient (Wildman–Crippen LogP) is 4.79. The molecule has 0 aliphatic rings. The Morgan fingerprint density at radius 3 is 2.50 bits per heavy atom. The lowest BCUT2D eigenvalue weighted by Crippen LogP contribution is -2.23. The topological polar surface area (TPSA) is 69.7 Å². The van der Waals surface area contributed by atoms with Crippen LogP contribution in [0.25, 0.3) is 0 Å². The molecule has 3 rings (SSSR count). The Kier molecular flexibility index (Phi) is 7.51. The molecule has 3 aromatic rings. The molecule has 0 bridgehead atoms. The molecule has 30 heavy (non-hydrogen) atoms. The molecule has 0 unspecified atom stereocenters. The van der Waals surface area contributed by atoms with Crippen molar-refractivity contribution in [1.82, 2.24) is 10.3 Å². The van der Waals surface area contributed by atoms with Crippen molar-refractivity contribution in [3.8, 4) is 23.1 Å². The molecule has 0 saturated carbocycles. The maximum Gasteiger partial charge on any atom is 0.220 e. The zero-order valence-corrected chi connectivity index (χ0v) is 17.6. The summed E-state index contributed by atoms with van der Waals surface area (Å²) in [6.45, 7) is 0.397. The van der Waals surface area contributed by atoms with E-state index < -0.39 is 0 Å². The van der Waals surface area contributed by atoms with Gasteiger partial charge in [0.05, 0.1) is 19.2 Å². The quantitative estimate of drug-likeness (QED) is 0.532. The molecule has 1 aromatic heterocycles. The number of aromatic nitrogens is 1. The number of halogens is 1. The minimum atomic E-state index is -0.0429. The van der Waals surface area contributed by atoms with Crippen LogP contribution in [-0.2, 0) is 17.8 Å². The van der Waals surface area contributed by atoms with Gasteiger partial charge in [-0.1, -0.05) is 29.8 Å². The number of hydrogen-bond donors (Lipinski definition) is 1. The average Bonchev–Trinajstić information content (AvgIpc) is 2.77. The number of hydrogen-bond acceptors (Lipinski definition) is 5. The van der Waals surface area contributed by atoms with Gasteiger partial charge in [0.1, 0.15) is 17.2 Å². The first-order valence-corrected chi connectivity index (χ1v) is 9.81. The third-order valence-electron chi connectivity index (χ3n) is 4.41. The number of benzene rings is 2. The van der Waals surface area contributed by atoms with Crippen molar-refractivity contribution in [2.75, 3.05) is 14.2 Å². The molecule has 1 heterocycles. The molecule has 0 aliphatic heterocycles. The number of ether oxygens (including phenoxy) is 3. The van der Waals surface area contributed by atoms with Gasteiger partial charge in [-0.05, 0) is 41.8 Å². The van der Waals surface area contributed by atoms with Gasteiger partial charge in [-0.15, -0.1) is 0 Å². The van der Waals surface area contributed by atoms with Crippen molar-refractivity contribution < 1.29 is 19.0 Å². The molecular weight excluding hydrogens is 404 g/mol. The molecule has 0 atom stereocenters. The van der Waals surface area contributed by atoms with Gasteiger partial charge >= 0.3 is 0 Å². The fourth-order valence-corrected chi connectivity index (χ4v) is 3.05. The zero-order chi connectivity index (χ0) is 21.3. The van der Waals surface area contributed by atoms with Crippen LogP contribution in [0.5, 0.6) is 23.1 Å². The molecule has 2 aromatic carbocycles. The summed E-state index contributed by atoms with van der Waals surface area (Å²) < 4.78 is 16.0. The van der Waals surface area contributed by atoms with Crippen LogP contribution in [0, 0.1) is 0 Å². The first-order valence-electron chi connectivity index (χ1n) is 9.43. The van der Waals surface area contributed by atoms with Gasteiger partial charge in [0.2, 0.25) is 11.8 Å². The summed E-state index contributed by atoms with van der Waals surface area (Å²) in [5.41, 5.74) is 1.87. The SMILES string of the molecule is COc1cccc(Oc2ccc(CNC(=O)CCc3ccc(OC)c(Cl)c3)cn2)c1. The fraction of sp³-hybridized carbons (Fsp3) is 0.217. The monoisotopic (exact) mass is 426 g/mol. The van der Waals surface area contributed by atoms with E-state index in [4.69, 9.17) is 25.8 Å². The van der Waals surface area contributed by atoms with Crippen LogP contribution in [0.4, 0.5) is 0 Å². The molecule has 6 nitrogen and oxygen atoms in total. The van der Waals surface area contributed by atoms with Gasteiger partial charge < -0.3 is 19.5 Å². The predicted molar refractivity (Wildman–Crippen MR) is 115 cm³/mol. The first kappa shape index (κ1) is 21.5. The molecule has 0 fully saturated rings. The molecule has 0 radical (unpaired) electrons. The van der Waals surface area contributed by atoms with E-state index in [0.717, 1.165) is 11.1 Å². The summed E-state index contributed by atoms with van der Waals surface area (Å²) in [7, 11) is 3.17. The fourth-order valence-electron chi connectivity index (χ4n) is 2.77. The normalized spacial score (nSPS) is 10.4. The van der Waals surface area contributed by atoms with Crippen LogP contribution in [0.1, 0.15) is 17.5 Å². The third-order valence-corrected chi connectivity index (χ3v) is 4.70. The number of nitrogens with one attached hydrogen (secondary N) is 1. The minimum Gasteiger partial charge on any atom is -0.497 e. The van der Waals surface area contributed by atoms with Gasteiger partial charge in [0.25, 0.3) is 0 Å². The Morgan fingerprint density at radius 2 is 1.80 bits per heavy atom. The summed E-state index contributed by atoms with van der Waals surface area (Å²) in [5.74, 6) is 2.40. The Morgan fingerprint density at radius 1 is 1.00 bits per heavy atom. The van der Waals surface area contributed by atoms with Crippen LogP contribution in [0.15, 0.2) is 60.8 Å². The number of pyridine rings is 1. The average molecular weight is 427 g/mol. The van der Waals surface area contributed by atoms with E-state index >= 15 is 0 Å². The summed E-state index contributed by atoms with van der Waals surface area (Å²) >= 11 is 6.12. The van der Waals surface area contributed by atoms with E-state index in [9.17, 15) is 4.79 Å². The second-order valence-corrected chi connectivity index (χ2v) is 6.94. The van der Waals surface area contributed by atoms with Crippen LogP contribution < -0.4 is 19.5 Å². The Bertz CT molecular complexity index is 993. The van der Waals surface area contributed by atoms with Crippen molar-refractivity contribution in [2.24, 2.45) is 0 Å². The molecule has 0 spiro atoms. The number of carbonyl (C=O) groups excluding carboxylic acids is 1. The van der Waals surface area contributed by atoms with Crippen molar-refractivity contribution in [3.05, 3.63) is 76.9 Å². The van der Waals surface area contributed by atoms with Crippen LogP contribution >= 0.6 is 11.6 Å². The lowest BCUT2D eigenvalue weighted by Gasteiger charge is -2.09. The number of methoxy groups -OCH3 is 2. The minimum absolute atomic E-state index is 0.0429. The number of carbonyl (C=O) groups is 1. The second kappa shape index (κ2) is 10.5. The Labute approximate surface area is 180 Å². The number of nitrogens with zero attached hydrogens (tertiary/aromatic N) is 1. The lowest BCUT2D eigenvalue weighted by atomic mass is 10.1. The highest BCUT2D eigenvalue weighted by Crippen LogP contribution is 2.25. The van der Waals surface area contributed by atoms with Crippen molar-refractivity contribution in [2.45, 2.75) is 19.4 Å². The van der Waals surface area contributed by atoms with E-state index in [1.165, 1.54) is 0 Å². The van der Waals surface area contributed by atoms with Gasteiger partial charge in [0, 0.05) is 31.3 Å². The van der Waals surface area contributed by atoms with Gasteiger partial charge in [-0.25, -0.2) is 4.98 Å². The Balaban J connectivity index is 1.46. The third kappa shape index (κ3) is 6.12. The number of aryl methyl sites for hydroxylation is 1. The highest BCUT2D eigenvalue weighted by atomic mass is 35.5. The van der Waals surface area contributed by atoms with E-state index in [1.807, 2.05) is 36.4 Å². The van der Waals surface area contributed by atoms with E-state index in [1.54, 1.807) is 38.6 Å². The van der Waals surface area contributed by atoms with Gasteiger partial charge in [-0.3, -0.25) is 4.79 Å². The molecule has 1 N–H and O–H groups in total. The van der Waals surface area contributed by atoms with E-state index in [2.05, 4.69) is 10.3 Å². The van der Waals surface area contributed by atoms with Gasteiger partial charge in [0.15, 0.2) is 0 Å². The smallest absolute Gasteiger partial charge is 0.220 e. The van der Waals surface area contributed by atoms with Crippen molar-refractivity contribution >= 4 is 17.5 Å². The summed E-state index contributed by atoms with van der Waals surface area (Å²) in [6.07, 6.45) is 2.65. The van der Waals surface area contributed by atoms with E-state index in [0.29, 0.717) is 47.5 Å². The summed E-state index contributed by atoms with van der Waals surface area (Å²) in [6, 6.07) is 16.5. The molecular formula is C23H23ClN2O4. The van der Waals surface area contributed by atoms with Crippen molar-refractivity contribution in [3.63, 3.8) is 0 Å². The molecule has 0 saturated heterocycles. The second-order valence-electron chi connectivity index (χ2n) is 6.53. The molecule has 7 heteroatoms. The number of amides is 1. The largest absolute Gasteiger partial charge is 0.497 e. The van der Waals surface area contributed by atoms with Crippen LogP contribution in [-0.4, -0.2) is 25.1 Å². The lowest BCUT2D eigenvalue weighted by molar-refractivity contribution is -0.121.